The fourth-order valence-corrected chi connectivity index (χ4v) is 1.08. The van der Waals surface area contributed by atoms with Crippen molar-refractivity contribution in [2.45, 2.75) is 0 Å². The fraction of sp³-hybridized carbons (Fsp3) is 0. The maximum Gasteiger partial charge on any atom is 0.277 e. The van der Waals surface area contributed by atoms with Gasteiger partial charge < -0.3 is 4.98 Å². The van der Waals surface area contributed by atoms with Crippen LogP contribution in [0.4, 0.5) is 0 Å². The number of nitrogens with one attached hydrogen (secondary N) is 1. The lowest BCUT2D eigenvalue weighted by atomic mass is 10.4. The van der Waals surface area contributed by atoms with Crippen LogP contribution < -0.4 is 5.56 Å². The van der Waals surface area contributed by atoms with Crippen molar-refractivity contribution in [3.63, 3.8) is 0 Å². The number of hydrogen-bond acceptors (Lipinski definition) is 3. The molecular formula is C7H4ClN3O. The molecule has 0 atom stereocenters. The molecule has 0 bridgehead atoms. The summed E-state index contributed by atoms with van der Waals surface area (Å²) < 4.78 is 0. The van der Waals surface area contributed by atoms with Crippen molar-refractivity contribution in [2.75, 3.05) is 0 Å². The predicted molar refractivity (Wildman–Crippen MR) is 45.2 cm³/mol. The molecule has 0 amide bonds. The third kappa shape index (κ3) is 1.06. The van der Waals surface area contributed by atoms with Crippen LogP contribution in [0.25, 0.3) is 11.0 Å². The van der Waals surface area contributed by atoms with Gasteiger partial charge in [0, 0.05) is 0 Å². The Balaban J connectivity index is 2.98. The molecule has 0 aliphatic heterocycles. The molecule has 0 fully saturated rings. The summed E-state index contributed by atoms with van der Waals surface area (Å²) >= 11 is 5.60. The number of halogens is 1. The van der Waals surface area contributed by atoms with Crippen molar-refractivity contribution in [3.8, 4) is 0 Å². The van der Waals surface area contributed by atoms with Crippen molar-refractivity contribution in [1.82, 2.24) is 15.0 Å². The summed E-state index contributed by atoms with van der Waals surface area (Å²) in [5.41, 5.74) is 0.538. The van der Waals surface area contributed by atoms with Gasteiger partial charge in [-0.2, -0.15) is 0 Å². The highest BCUT2D eigenvalue weighted by molar-refractivity contribution is 6.29. The standard InChI is InChI=1S/C7H4ClN3O/c8-5-2-1-4-6(11-5)7(12)10-3-9-4/h1-3H,(H,9,10,12). The monoisotopic (exact) mass is 181 g/mol. The predicted octanol–water partition coefficient (Wildman–Crippen LogP) is 0.972. The third-order valence-electron chi connectivity index (χ3n) is 1.45. The fourth-order valence-electron chi connectivity index (χ4n) is 0.928. The molecule has 0 radical (unpaired) electrons. The van der Waals surface area contributed by atoms with Crippen LogP contribution in [0.1, 0.15) is 0 Å². The van der Waals surface area contributed by atoms with Gasteiger partial charge in [-0.25, -0.2) is 9.97 Å². The quantitative estimate of drug-likeness (QED) is 0.617. The zero-order chi connectivity index (χ0) is 8.55. The first kappa shape index (κ1) is 7.24. The van der Waals surface area contributed by atoms with Crippen LogP contribution in [0.5, 0.6) is 0 Å². The Morgan fingerprint density at radius 3 is 3.08 bits per heavy atom. The highest BCUT2D eigenvalue weighted by Crippen LogP contribution is 2.08. The van der Waals surface area contributed by atoms with Crippen LogP contribution in [-0.4, -0.2) is 15.0 Å². The summed E-state index contributed by atoms with van der Waals surface area (Å²) in [6.45, 7) is 0. The summed E-state index contributed by atoms with van der Waals surface area (Å²) in [5, 5.41) is 0.293. The van der Waals surface area contributed by atoms with E-state index in [1.807, 2.05) is 0 Å². The van der Waals surface area contributed by atoms with Gasteiger partial charge in [-0.1, -0.05) is 11.6 Å². The molecule has 0 aliphatic rings. The largest absolute Gasteiger partial charge is 0.311 e. The molecule has 4 nitrogen and oxygen atoms in total. The molecule has 0 aromatic carbocycles. The molecule has 2 heterocycles. The van der Waals surface area contributed by atoms with Crippen LogP contribution in [-0.2, 0) is 0 Å². The normalized spacial score (nSPS) is 10.4. The van der Waals surface area contributed by atoms with Crippen molar-refractivity contribution in [2.24, 2.45) is 0 Å². The van der Waals surface area contributed by atoms with E-state index in [1.54, 1.807) is 12.1 Å². The maximum absolute atomic E-state index is 11.1. The first-order valence-electron chi connectivity index (χ1n) is 3.27. The summed E-state index contributed by atoms with van der Waals surface area (Å²) in [4.78, 5) is 21.3. The zero-order valence-electron chi connectivity index (χ0n) is 5.91. The summed E-state index contributed by atoms with van der Waals surface area (Å²) in [7, 11) is 0. The Hall–Kier alpha value is -1.42. The Kier molecular flexibility index (Phi) is 1.55. The molecule has 0 unspecified atom stereocenters. The minimum absolute atomic E-state index is 0.269. The van der Waals surface area contributed by atoms with Gasteiger partial charge in [0.15, 0.2) is 5.52 Å². The number of fused-ring (bicyclic) bond motifs is 1. The number of nitrogens with zero attached hydrogens (tertiary/aromatic N) is 2. The van der Waals surface area contributed by atoms with E-state index in [1.165, 1.54) is 6.33 Å². The zero-order valence-corrected chi connectivity index (χ0v) is 6.67. The smallest absolute Gasteiger partial charge is 0.277 e. The van der Waals surface area contributed by atoms with E-state index in [-0.39, 0.29) is 11.1 Å². The molecule has 0 saturated heterocycles. The maximum atomic E-state index is 11.1. The lowest BCUT2D eigenvalue weighted by molar-refractivity contribution is 1.15. The number of aromatic amines is 1. The number of pyridine rings is 1. The Bertz CT molecular complexity index is 479. The van der Waals surface area contributed by atoms with E-state index < -0.39 is 0 Å². The first-order valence-corrected chi connectivity index (χ1v) is 3.65. The summed E-state index contributed by atoms with van der Waals surface area (Å²) in [5.74, 6) is 0. The van der Waals surface area contributed by atoms with Crippen molar-refractivity contribution >= 4 is 22.6 Å². The molecule has 2 rings (SSSR count). The lowest BCUT2D eigenvalue weighted by Gasteiger charge is -1.93. The van der Waals surface area contributed by atoms with Crippen LogP contribution >= 0.6 is 11.6 Å². The van der Waals surface area contributed by atoms with Crippen LogP contribution in [0.3, 0.4) is 0 Å². The van der Waals surface area contributed by atoms with Crippen LogP contribution in [0.15, 0.2) is 23.3 Å². The highest BCUT2D eigenvalue weighted by atomic mass is 35.5. The van der Waals surface area contributed by atoms with Crippen molar-refractivity contribution < 1.29 is 0 Å². The molecule has 2 aromatic heterocycles. The number of hydrogen-bond donors (Lipinski definition) is 1. The second-order valence-corrected chi connectivity index (χ2v) is 2.62. The Morgan fingerprint density at radius 2 is 2.25 bits per heavy atom. The van der Waals surface area contributed by atoms with Crippen molar-refractivity contribution in [3.05, 3.63) is 34.0 Å². The Morgan fingerprint density at radius 1 is 1.42 bits per heavy atom. The minimum Gasteiger partial charge on any atom is -0.311 e. The van der Waals surface area contributed by atoms with Gasteiger partial charge in [0.05, 0.1) is 11.8 Å². The third-order valence-corrected chi connectivity index (χ3v) is 1.66. The average Bonchev–Trinajstić information content (AvgIpc) is 2.07. The van der Waals surface area contributed by atoms with Gasteiger partial charge in [0.2, 0.25) is 0 Å². The van der Waals surface area contributed by atoms with E-state index in [0.717, 1.165) is 0 Å². The van der Waals surface area contributed by atoms with Gasteiger partial charge in [0.1, 0.15) is 5.15 Å². The Labute approximate surface area is 72.2 Å². The SMILES string of the molecule is O=c1[nH]cnc2ccc(Cl)nc12. The van der Waals surface area contributed by atoms with Crippen LogP contribution in [0, 0.1) is 0 Å². The van der Waals surface area contributed by atoms with Gasteiger partial charge in [-0.3, -0.25) is 4.79 Å². The molecule has 5 heteroatoms. The molecular weight excluding hydrogens is 178 g/mol. The number of rotatable bonds is 0. The number of aromatic nitrogens is 3. The summed E-state index contributed by atoms with van der Waals surface area (Å²) in [6, 6.07) is 3.25. The van der Waals surface area contributed by atoms with Gasteiger partial charge in [-0.15, -0.1) is 0 Å². The van der Waals surface area contributed by atoms with Gasteiger partial charge in [0.25, 0.3) is 5.56 Å². The molecule has 12 heavy (non-hydrogen) atoms. The topological polar surface area (TPSA) is 58.6 Å². The first-order chi connectivity index (χ1) is 5.77. The lowest BCUT2D eigenvalue weighted by Crippen LogP contribution is -2.07. The van der Waals surface area contributed by atoms with Crippen molar-refractivity contribution in [1.29, 1.82) is 0 Å². The highest BCUT2D eigenvalue weighted by Gasteiger charge is 1.99. The molecule has 0 saturated carbocycles. The van der Waals surface area contributed by atoms with Crippen LogP contribution in [0.2, 0.25) is 5.15 Å². The summed E-state index contributed by atoms with van der Waals surface area (Å²) in [6.07, 6.45) is 1.33. The molecule has 0 aliphatic carbocycles. The number of H-pyrrole nitrogens is 1. The van der Waals surface area contributed by atoms with E-state index in [2.05, 4.69) is 15.0 Å². The van der Waals surface area contributed by atoms with E-state index in [0.29, 0.717) is 10.7 Å². The van der Waals surface area contributed by atoms with Gasteiger partial charge >= 0.3 is 0 Å². The minimum atomic E-state index is -0.275. The van der Waals surface area contributed by atoms with E-state index in [9.17, 15) is 4.79 Å². The molecule has 1 N–H and O–H groups in total. The molecule has 0 spiro atoms. The average molecular weight is 182 g/mol. The van der Waals surface area contributed by atoms with Gasteiger partial charge in [-0.05, 0) is 12.1 Å². The van der Waals surface area contributed by atoms with E-state index in [4.69, 9.17) is 11.6 Å². The second kappa shape index (κ2) is 2.57. The molecule has 60 valence electrons. The second-order valence-electron chi connectivity index (χ2n) is 2.23. The van der Waals surface area contributed by atoms with E-state index >= 15 is 0 Å². The molecule has 2 aromatic rings.